The summed E-state index contributed by atoms with van der Waals surface area (Å²) in [5, 5.41) is 11.9. The van der Waals surface area contributed by atoms with Crippen LogP contribution in [-0.2, 0) is 20.3 Å². The zero-order chi connectivity index (χ0) is 29.7. The summed E-state index contributed by atoms with van der Waals surface area (Å²) in [5.41, 5.74) is 2.53. The molecular weight excluding hydrogens is 545 g/mol. The molecule has 1 N–H and O–H groups in total. The maximum absolute atomic E-state index is 13.6. The molecule has 218 valence electrons. The van der Waals surface area contributed by atoms with Crippen LogP contribution >= 0.6 is 7.94 Å². The summed E-state index contributed by atoms with van der Waals surface area (Å²) in [6.07, 6.45) is 0. The van der Waals surface area contributed by atoms with E-state index in [1.165, 1.54) is 18.2 Å². The highest BCUT2D eigenvalue weighted by molar-refractivity contribution is 7.69. The number of aromatic nitrogens is 1. The van der Waals surface area contributed by atoms with Gasteiger partial charge < -0.3 is 4.74 Å². The van der Waals surface area contributed by atoms with E-state index in [9.17, 15) is 19.8 Å². The van der Waals surface area contributed by atoms with Gasteiger partial charge in [0.1, 0.15) is 19.8 Å². The maximum atomic E-state index is 13.6. The van der Waals surface area contributed by atoms with Gasteiger partial charge in [-0.1, -0.05) is 56.3 Å². The summed E-state index contributed by atoms with van der Waals surface area (Å²) in [6, 6.07) is 15.9. The summed E-state index contributed by atoms with van der Waals surface area (Å²) < 4.78 is 17.7. The molecule has 11 heteroatoms. The standard InChI is InChI=1S/C30H37N3O7P/c1-20(2)25-18-39-41(37,40-19-25)29-22(4)31-21(3)27(28(29)24-12-9-13-26(16-24)33(35)36)30(34)38-15-14-32(5)17-23-10-7-6-8-11-23/h6-13,16,20,25,37H,14-15,17-19H2,1-5H3/q+1. The van der Waals surface area contributed by atoms with Crippen LogP contribution < -0.4 is 5.30 Å². The summed E-state index contributed by atoms with van der Waals surface area (Å²) in [6.45, 7) is 9.33. The highest BCUT2D eigenvalue weighted by Crippen LogP contribution is 2.61. The molecule has 0 atom stereocenters. The number of aryl methyl sites for hydroxylation is 2. The molecule has 0 amide bonds. The molecule has 41 heavy (non-hydrogen) atoms. The van der Waals surface area contributed by atoms with Crippen LogP contribution in [-0.4, -0.2) is 59.1 Å². The number of ether oxygens (including phenoxy) is 1. The first-order valence-corrected chi connectivity index (χ1v) is 15.1. The van der Waals surface area contributed by atoms with E-state index in [1.54, 1.807) is 19.9 Å². The zero-order valence-corrected chi connectivity index (χ0v) is 25.0. The molecule has 1 aliphatic rings. The van der Waals surface area contributed by atoms with Gasteiger partial charge in [-0.25, -0.2) is 4.79 Å². The van der Waals surface area contributed by atoms with E-state index in [2.05, 4.69) is 18.8 Å². The Balaban J connectivity index is 1.70. The van der Waals surface area contributed by atoms with Gasteiger partial charge in [0.25, 0.3) is 5.69 Å². The first-order valence-electron chi connectivity index (χ1n) is 13.6. The van der Waals surface area contributed by atoms with Crippen LogP contribution in [0.5, 0.6) is 0 Å². The predicted molar refractivity (Wildman–Crippen MR) is 158 cm³/mol. The lowest BCUT2D eigenvalue weighted by atomic mass is 9.97. The average molecular weight is 583 g/mol. The minimum absolute atomic E-state index is 0.0903. The monoisotopic (exact) mass is 582 g/mol. The maximum Gasteiger partial charge on any atom is 0.448 e. The summed E-state index contributed by atoms with van der Waals surface area (Å²) >= 11 is 0. The quantitative estimate of drug-likeness (QED) is 0.147. The fourth-order valence-electron chi connectivity index (χ4n) is 4.83. The van der Waals surface area contributed by atoms with Gasteiger partial charge >= 0.3 is 13.9 Å². The van der Waals surface area contributed by atoms with E-state index in [0.29, 0.717) is 30.0 Å². The molecule has 0 bridgehead atoms. The van der Waals surface area contributed by atoms with Gasteiger partial charge in [-0.3, -0.25) is 20.0 Å². The Labute approximate surface area is 241 Å². The van der Waals surface area contributed by atoms with Crippen molar-refractivity contribution in [3.05, 3.63) is 87.2 Å². The summed E-state index contributed by atoms with van der Waals surface area (Å²) in [5.74, 6) is -0.273. The van der Waals surface area contributed by atoms with Crippen LogP contribution in [0.25, 0.3) is 11.1 Å². The molecule has 1 saturated heterocycles. The van der Waals surface area contributed by atoms with E-state index in [0.717, 1.165) is 5.56 Å². The van der Waals surface area contributed by atoms with Gasteiger partial charge in [0.05, 0.1) is 27.4 Å². The fourth-order valence-corrected chi connectivity index (χ4v) is 6.93. The van der Waals surface area contributed by atoms with E-state index >= 15 is 0 Å². The van der Waals surface area contributed by atoms with Crippen molar-refractivity contribution in [2.24, 2.45) is 11.8 Å². The van der Waals surface area contributed by atoms with Gasteiger partial charge in [-0.15, -0.1) is 0 Å². The molecule has 10 nitrogen and oxygen atoms in total. The van der Waals surface area contributed by atoms with Crippen LogP contribution in [0.15, 0.2) is 54.6 Å². The van der Waals surface area contributed by atoms with Crippen LogP contribution in [0, 0.1) is 35.8 Å². The Kier molecular flexibility index (Phi) is 9.84. The molecule has 0 unspecified atom stereocenters. The second kappa shape index (κ2) is 13.1. The SMILES string of the molecule is Cc1nc(C)c([P+]2(O)OCC(C(C)C)CO2)c(-c2cccc([N+](=O)[O-])c2)c1C(=O)OCCN(C)Cc1ccccc1. The smallest absolute Gasteiger partial charge is 0.448 e. The van der Waals surface area contributed by atoms with E-state index in [-0.39, 0.29) is 53.8 Å². The lowest BCUT2D eigenvalue weighted by molar-refractivity contribution is -0.384. The van der Waals surface area contributed by atoms with Crippen molar-refractivity contribution in [1.29, 1.82) is 0 Å². The van der Waals surface area contributed by atoms with E-state index in [4.69, 9.17) is 13.8 Å². The topological polar surface area (TPSA) is 124 Å². The van der Waals surface area contributed by atoms with Crippen molar-refractivity contribution in [1.82, 2.24) is 9.88 Å². The molecule has 0 radical (unpaired) electrons. The van der Waals surface area contributed by atoms with Crippen molar-refractivity contribution < 1.29 is 28.4 Å². The number of benzene rings is 2. The molecule has 2 aromatic carbocycles. The molecule has 3 aromatic rings. The van der Waals surface area contributed by atoms with Gasteiger partial charge in [0.2, 0.25) is 5.30 Å². The molecule has 0 saturated carbocycles. The minimum Gasteiger partial charge on any atom is -0.461 e. The number of rotatable bonds is 10. The number of nitro groups is 1. The number of likely N-dealkylation sites (N-methyl/N-ethyl adjacent to an activating group) is 1. The number of nitrogens with zero attached hydrogens (tertiary/aromatic N) is 3. The number of nitro benzene ring substituents is 1. The molecule has 1 aliphatic heterocycles. The van der Waals surface area contributed by atoms with Gasteiger partial charge in [-0.05, 0) is 37.9 Å². The second-order valence-electron chi connectivity index (χ2n) is 10.7. The first-order chi connectivity index (χ1) is 19.5. The number of non-ortho nitro benzene ring substituents is 1. The predicted octanol–water partition coefficient (Wildman–Crippen LogP) is 5.26. The minimum atomic E-state index is -3.69. The Morgan fingerprint density at radius 2 is 1.83 bits per heavy atom. The Hall–Kier alpha value is -3.27. The van der Waals surface area contributed by atoms with Gasteiger partial charge in [0.15, 0.2) is 0 Å². The zero-order valence-electron chi connectivity index (χ0n) is 24.1. The Morgan fingerprint density at radius 1 is 1.15 bits per heavy atom. The summed E-state index contributed by atoms with van der Waals surface area (Å²) in [4.78, 5) is 43.1. The van der Waals surface area contributed by atoms with Crippen LogP contribution in [0.3, 0.4) is 0 Å². The molecule has 1 aromatic heterocycles. The normalized spacial score (nSPS) is 19.0. The Bertz CT molecular complexity index is 1390. The van der Waals surface area contributed by atoms with E-state index in [1.807, 2.05) is 42.3 Å². The van der Waals surface area contributed by atoms with Crippen molar-refractivity contribution in [3.8, 4) is 11.1 Å². The van der Waals surface area contributed by atoms with Crippen molar-refractivity contribution in [2.75, 3.05) is 33.4 Å². The number of hydrogen-bond acceptors (Lipinski definition) is 9. The lowest BCUT2D eigenvalue weighted by Gasteiger charge is -2.30. The van der Waals surface area contributed by atoms with E-state index < -0.39 is 18.8 Å². The van der Waals surface area contributed by atoms with Crippen molar-refractivity contribution in [2.45, 2.75) is 34.2 Å². The first kappa shape index (κ1) is 30.7. The number of hydrogen-bond donors (Lipinski definition) is 1. The van der Waals surface area contributed by atoms with Crippen LogP contribution in [0.2, 0.25) is 0 Å². The second-order valence-corrected chi connectivity index (χ2v) is 12.7. The third kappa shape index (κ3) is 7.15. The summed E-state index contributed by atoms with van der Waals surface area (Å²) in [7, 11) is -1.75. The molecule has 1 fully saturated rings. The average Bonchev–Trinajstić information content (AvgIpc) is 2.93. The number of carbonyl (C=O) groups excluding carboxylic acids is 1. The third-order valence-electron chi connectivity index (χ3n) is 7.23. The Morgan fingerprint density at radius 3 is 2.46 bits per heavy atom. The highest BCUT2D eigenvalue weighted by atomic mass is 31.2. The molecule has 0 spiro atoms. The lowest BCUT2D eigenvalue weighted by Crippen LogP contribution is -2.34. The van der Waals surface area contributed by atoms with Gasteiger partial charge in [-0.2, -0.15) is 13.9 Å². The van der Waals surface area contributed by atoms with Gasteiger partial charge in [0, 0.05) is 31.1 Å². The molecular formula is C30H37N3O7P+. The highest BCUT2D eigenvalue weighted by Gasteiger charge is 2.53. The molecule has 2 heterocycles. The molecule has 4 rings (SSSR count). The molecule has 0 aliphatic carbocycles. The van der Waals surface area contributed by atoms with Crippen LogP contribution in [0.1, 0.15) is 41.2 Å². The number of esters is 1. The third-order valence-corrected chi connectivity index (χ3v) is 9.34. The largest absolute Gasteiger partial charge is 0.461 e. The fraction of sp³-hybridized carbons (Fsp3) is 0.400. The van der Waals surface area contributed by atoms with Crippen molar-refractivity contribution >= 4 is 24.9 Å². The number of pyridine rings is 1. The van der Waals surface area contributed by atoms with Crippen molar-refractivity contribution in [3.63, 3.8) is 0 Å². The number of carbonyl (C=O) groups is 1. The van der Waals surface area contributed by atoms with Crippen LogP contribution in [0.4, 0.5) is 5.69 Å².